The van der Waals surface area contributed by atoms with Gasteiger partial charge in [-0.2, -0.15) is 0 Å². The van der Waals surface area contributed by atoms with Gasteiger partial charge in [0, 0.05) is 23.7 Å². The highest BCUT2D eigenvalue weighted by Crippen LogP contribution is 2.71. The Morgan fingerprint density at radius 1 is 1.23 bits per heavy atom. The maximum atomic E-state index is 11.4. The third-order valence-electron chi connectivity index (χ3n) is 8.78. The molecule has 0 heterocycles. The molecule has 3 saturated carbocycles. The number of carbonyl (C=O) groups is 1. The number of aliphatic hydroxyl groups is 2. The van der Waals surface area contributed by atoms with E-state index >= 15 is 0 Å². The van der Waals surface area contributed by atoms with Crippen molar-refractivity contribution in [2.45, 2.75) is 77.9 Å². The molecule has 0 unspecified atom stereocenters. The lowest BCUT2D eigenvalue weighted by atomic mass is 9.41. The van der Waals surface area contributed by atoms with Gasteiger partial charge in [-0.1, -0.05) is 32.4 Å². The number of hydrogen-bond acceptors (Lipinski definition) is 4. The molecule has 26 heavy (non-hydrogen) atoms. The lowest BCUT2D eigenvalue weighted by molar-refractivity contribution is -0.192. The summed E-state index contributed by atoms with van der Waals surface area (Å²) < 4.78 is 5.46. The van der Waals surface area contributed by atoms with Crippen LogP contribution in [0.25, 0.3) is 0 Å². The van der Waals surface area contributed by atoms with Gasteiger partial charge in [0.15, 0.2) is 0 Å². The average molecular weight is 363 g/mol. The second kappa shape index (κ2) is 5.57. The number of carbonyl (C=O) groups excluding carboxylic acids is 1. The first-order valence-electron chi connectivity index (χ1n) is 10.3. The van der Waals surface area contributed by atoms with Crippen molar-refractivity contribution in [3.63, 3.8) is 0 Å². The van der Waals surface area contributed by atoms with Crippen LogP contribution in [0.1, 0.15) is 66.2 Å². The summed E-state index contributed by atoms with van der Waals surface area (Å²) >= 11 is 0. The van der Waals surface area contributed by atoms with Crippen molar-refractivity contribution >= 4 is 5.97 Å². The largest absolute Gasteiger partial charge is 0.465 e. The van der Waals surface area contributed by atoms with E-state index in [1.54, 1.807) is 0 Å². The molecule has 0 aromatic carbocycles. The van der Waals surface area contributed by atoms with Crippen LogP contribution < -0.4 is 0 Å². The molecule has 146 valence electrons. The first-order valence-corrected chi connectivity index (χ1v) is 10.3. The van der Waals surface area contributed by atoms with Gasteiger partial charge in [0.1, 0.15) is 0 Å². The molecule has 0 aromatic heterocycles. The second-order valence-corrected chi connectivity index (χ2v) is 10.5. The second-order valence-electron chi connectivity index (χ2n) is 10.5. The quantitative estimate of drug-likeness (QED) is 0.583. The number of allylic oxidation sites excluding steroid dienone is 1. The summed E-state index contributed by atoms with van der Waals surface area (Å²) in [5.74, 6) is 0.537. The van der Waals surface area contributed by atoms with E-state index in [4.69, 9.17) is 4.74 Å². The van der Waals surface area contributed by atoms with Crippen LogP contribution in [0.3, 0.4) is 0 Å². The zero-order chi connectivity index (χ0) is 19.0. The molecule has 4 nitrogen and oxygen atoms in total. The van der Waals surface area contributed by atoms with Gasteiger partial charge >= 0.3 is 5.97 Å². The predicted molar refractivity (Wildman–Crippen MR) is 99.2 cm³/mol. The number of fused-ring (bicyclic) bond motifs is 3. The van der Waals surface area contributed by atoms with Crippen molar-refractivity contribution in [3.8, 4) is 0 Å². The summed E-state index contributed by atoms with van der Waals surface area (Å²) in [5, 5.41) is 22.2. The SMILES string of the molecule is CC(=O)OC[C@@]1(C)CCC[C@]2(C)[C@@H]1C[C@H](O)[C@@]13C[C@@H](C=C[C@@H]21)[C@](C)(O)C3. The molecular formula is C22H34O4. The summed E-state index contributed by atoms with van der Waals surface area (Å²) in [6, 6.07) is 0. The van der Waals surface area contributed by atoms with E-state index in [2.05, 4.69) is 26.0 Å². The molecule has 8 atom stereocenters. The van der Waals surface area contributed by atoms with E-state index in [-0.39, 0.29) is 34.1 Å². The summed E-state index contributed by atoms with van der Waals surface area (Å²) in [7, 11) is 0. The van der Waals surface area contributed by atoms with Crippen molar-refractivity contribution < 1.29 is 19.7 Å². The average Bonchev–Trinajstić information content (AvgIpc) is 2.74. The van der Waals surface area contributed by atoms with Gasteiger partial charge in [-0.05, 0) is 56.3 Å². The molecule has 0 aliphatic heterocycles. The minimum absolute atomic E-state index is 0.0776. The Balaban J connectivity index is 1.72. The Kier molecular flexibility index (Phi) is 3.96. The van der Waals surface area contributed by atoms with Crippen LogP contribution in [0.4, 0.5) is 0 Å². The Bertz CT molecular complexity index is 640. The van der Waals surface area contributed by atoms with Gasteiger partial charge in [-0.3, -0.25) is 4.79 Å². The topological polar surface area (TPSA) is 66.8 Å². The lowest BCUT2D eigenvalue weighted by Crippen LogP contribution is -2.61. The van der Waals surface area contributed by atoms with E-state index in [0.717, 1.165) is 32.1 Å². The predicted octanol–water partition coefficient (Wildman–Crippen LogP) is 3.46. The monoisotopic (exact) mass is 362 g/mol. The van der Waals surface area contributed by atoms with Crippen molar-refractivity contribution in [3.05, 3.63) is 12.2 Å². The van der Waals surface area contributed by atoms with Crippen LogP contribution in [0, 0.1) is 34.0 Å². The third kappa shape index (κ3) is 2.37. The zero-order valence-corrected chi connectivity index (χ0v) is 16.6. The molecule has 3 fully saturated rings. The van der Waals surface area contributed by atoms with Gasteiger partial charge in [0.25, 0.3) is 0 Å². The van der Waals surface area contributed by atoms with Crippen LogP contribution in [-0.2, 0) is 9.53 Å². The first-order chi connectivity index (χ1) is 12.0. The maximum Gasteiger partial charge on any atom is 0.302 e. The minimum atomic E-state index is -0.717. The van der Waals surface area contributed by atoms with Crippen molar-refractivity contribution in [1.82, 2.24) is 0 Å². The molecule has 0 radical (unpaired) electrons. The van der Waals surface area contributed by atoms with E-state index in [1.165, 1.54) is 6.92 Å². The molecule has 4 rings (SSSR count). The Morgan fingerprint density at radius 2 is 1.96 bits per heavy atom. The molecule has 1 spiro atoms. The Hall–Kier alpha value is -0.870. The fourth-order valence-corrected chi connectivity index (χ4v) is 7.63. The van der Waals surface area contributed by atoms with E-state index in [9.17, 15) is 15.0 Å². The molecule has 4 aliphatic carbocycles. The summed E-state index contributed by atoms with van der Waals surface area (Å²) in [5.41, 5.74) is -0.930. The van der Waals surface area contributed by atoms with Crippen molar-refractivity contribution in [2.24, 2.45) is 34.0 Å². The molecule has 4 aliphatic rings. The van der Waals surface area contributed by atoms with E-state index in [1.807, 2.05) is 6.92 Å². The zero-order valence-electron chi connectivity index (χ0n) is 16.6. The molecule has 0 aromatic rings. The first kappa shape index (κ1) is 18.5. The van der Waals surface area contributed by atoms with Gasteiger partial charge in [0.05, 0.1) is 18.3 Å². The van der Waals surface area contributed by atoms with Gasteiger partial charge in [0.2, 0.25) is 0 Å². The van der Waals surface area contributed by atoms with Crippen LogP contribution in [0.5, 0.6) is 0 Å². The highest BCUT2D eigenvalue weighted by molar-refractivity contribution is 5.65. The highest BCUT2D eigenvalue weighted by atomic mass is 16.5. The number of ether oxygens (including phenoxy) is 1. The van der Waals surface area contributed by atoms with Gasteiger partial charge in [-0.25, -0.2) is 0 Å². The van der Waals surface area contributed by atoms with E-state index in [0.29, 0.717) is 18.9 Å². The fourth-order valence-electron chi connectivity index (χ4n) is 7.63. The number of rotatable bonds is 2. The molecule has 2 N–H and O–H groups in total. The van der Waals surface area contributed by atoms with Gasteiger partial charge < -0.3 is 14.9 Å². The van der Waals surface area contributed by atoms with Crippen molar-refractivity contribution in [1.29, 1.82) is 0 Å². The molecule has 0 saturated heterocycles. The highest BCUT2D eigenvalue weighted by Gasteiger charge is 2.68. The number of aliphatic hydroxyl groups excluding tert-OH is 1. The van der Waals surface area contributed by atoms with Crippen LogP contribution >= 0.6 is 0 Å². The molecular weight excluding hydrogens is 328 g/mol. The minimum Gasteiger partial charge on any atom is -0.465 e. The van der Waals surface area contributed by atoms with Crippen LogP contribution in [-0.4, -0.2) is 34.5 Å². The fraction of sp³-hybridized carbons (Fsp3) is 0.864. The summed E-state index contributed by atoms with van der Waals surface area (Å²) in [6.07, 6.45) is 9.78. The number of hydrogen-bond donors (Lipinski definition) is 2. The normalized spacial score (nSPS) is 55.2. The summed E-state index contributed by atoms with van der Waals surface area (Å²) in [6.45, 7) is 8.48. The smallest absolute Gasteiger partial charge is 0.302 e. The molecule has 0 amide bonds. The number of esters is 1. The lowest BCUT2D eigenvalue weighted by Gasteiger charge is -2.64. The van der Waals surface area contributed by atoms with Crippen LogP contribution in [0.15, 0.2) is 12.2 Å². The Morgan fingerprint density at radius 3 is 2.65 bits per heavy atom. The molecule has 4 heteroatoms. The standard InChI is InChI=1S/C22H34O4/c1-14(23)26-13-19(2)8-5-9-20(3)16-7-6-15-11-22(16,12-21(15,4)25)18(24)10-17(19)20/h6-7,15-18,24-25H,5,8-13H2,1-4H3/t15-,16+,17-,18+,19-,20+,21-,22-/m1/s1. The molecule has 2 bridgehead atoms. The van der Waals surface area contributed by atoms with E-state index < -0.39 is 11.7 Å². The Labute approximate surface area is 157 Å². The van der Waals surface area contributed by atoms with Crippen LogP contribution in [0.2, 0.25) is 0 Å². The van der Waals surface area contributed by atoms with Crippen molar-refractivity contribution in [2.75, 3.05) is 6.61 Å². The van der Waals surface area contributed by atoms with Gasteiger partial charge in [-0.15, -0.1) is 0 Å². The summed E-state index contributed by atoms with van der Waals surface area (Å²) in [4.78, 5) is 11.4. The third-order valence-corrected chi connectivity index (χ3v) is 8.78. The maximum absolute atomic E-state index is 11.4.